The van der Waals surface area contributed by atoms with Crippen LogP contribution in [0.1, 0.15) is 10.4 Å². The third-order valence-corrected chi connectivity index (χ3v) is 3.76. The first-order valence-corrected chi connectivity index (χ1v) is 6.67. The average Bonchev–Trinajstić information content (AvgIpc) is 2.47. The van der Waals surface area contributed by atoms with E-state index in [2.05, 4.69) is 0 Å². The van der Waals surface area contributed by atoms with E-state index in [-0.39, 0.29) is 17.0 Å². The Balaban J connectivity index is 2.37. The van der Waals surface area contributed by atoms with Gasteiger partial charge >= 0.3 is 11.7 Å². The highest BCUT2D eigenvalue weighted by molar-refractivity contribution is 7.99. The number of ether oxygens (including phenoxy) is 1. The maximum Gasteiger partial charge on any atom is 0.336 e. The van der Waals surface area contributed by atoms with Gasteiger partial charge in [0, 0.05) is 21.9 Å². The average molecular weight is 305 g/mol. The highest BCUT2D eigenvalue weighted by atomic mass is 32.2. The van der Waals surface area contributed by atoms with Crippen molar-refractivity contribution in [2.24, 2.45) is 0 Å². The molecule has 0 aliphatic rings. The Morgan fingerprint density at radius 3 is 2.62 bits per heavy atom. The standard InChI is InChI=1S/C14H11NO5S/c1-20-12-8-9(6-7-11(12)15(18)19)21-13-5-3-2-4-10(13)14(16)17/h2-8H,1H3,(H,16,17). The van der Waals surface area contributed by atoms with Gasteiger partial charge in [-0.25, -0.2) is 4.79 Å². The van der Waals surface area contributed by atoms with Crippen LogP contribution in [-0.4, -0.2) is 23.1 Å². The molecule has 0 aliphatic carbocycles. The predicted molar refractivity (Wildman–Crippen MR) is 77.2 cm³/mol. The molecule has 7 heteroatoms. The van der Waals surface area contributed by atoms with E-state index in [1.165, 1.54) is 37.1 Å². The van der Waals surface area contributed by atoms with Gasteiger partial charge in [-0.1, -0.05) is 23.9 Å². The molecular weight excluding hydrogens is 294 g/mol. The fourth-order valence-electron chi connectivity index (χ4n) is 1.73. The second kappa shape index (κ2) is 6.27. The minimum atomic E-state index is -1.02. The number of hydrogen-bond donors (Lipinski definition) is 1. The molecule has 1 N–H and O–H groups in total. The lowest BCUT2D eigenvalue weighted by molar-refractivity contribution is -0.385. The van der Waals surface area contributed by atoms with E-state index in [4.69, 9.17) is 9.84 Å². The molecule has 0 saturated carbocycles. The lowest BCUT2D eigenvalue weighted by atomic mass is 10.2. The monoisotopic (exact) mass is 305 g/mol. The Labute approximate surface area is 124 Å². The number of rotatable bonds is 5. The molecule has 21 heavy (non-hydrogen) atoms. The predicted octanol–water partition coefficient (Wildman–Crippen LogP) is 3.45. The van der Waals surface area contributed by atoms with Crippen LogP contribution in [0.15, 0.2) is 52.3 Å². The van der Waals surface area contributed by atoms with Gasteiger partial charge in [-0.3, -0.25) is 10.1 Å². The largest absolute Gasteiger partial charge is 0.490 e. The molecule has 0 radical (unpaired) electrons. The molecule has 0 heterocycles. The Morgan fingerprint density at radius 1 is 1.29 bits per heavy atom. The van der Waals surface area contributed by atoms with E-state index in [9.17, 15) is 14.9 Å². The third-order valence-electron chi connectivity index (χ3n) is 2.69. The van der Waals surface area contributed by atoms with Crippen molar-refractivity contribution in [3.8, 4) is 5.75 Å². The molecule has 2 aromatic carbocycles. The number of nitro benzene ring substituents is 1. The summed E-state index contributed by atoms with van der Waals surface area (Å²) in [6.07, 6.45) is 0. The first-order valence-electron chi connectivity index (χ1n) is 5.85. The number of aromatic carboxylic acids is 1. The molecule has 0 unspecified atom stereocenters. The van der Waals surface area contributed by atoms with Crippen molar-refractivity contribution in [3.63, 3.8) is 0 Å². The van der Waals surface area contributed by atoms with Gasteiger partial charge in [-0.2, -0.15) is 0 Å². The molecule has 0 amide bonds. The number of methoxy groups -OCH3 is 1. The summed E-state index contributed by atoms with van der Waals surface area (Å²) in [7, 11) is 1.35. The van der Waals surface area contributed by atoms with Crippen molar-refractivity contribution in [1.82, 2.24) is 0 Å². The summed E-state index contributed by atoms with van der Waals surface area (Å²) in [5.74, 6) is -0.884. The number of carboxylic acids is 1. The second-order valence-corrected chi connectivity index (χ2v) is 5.11. The SMILES string of the molecule is COc1cc(Sc2ccccc2C(=O)O)ccc1[N+](=O)[O-]. The summed E-state index contributed by atoms with van der Waals surface area (Å²) >= 11 is 1.21. The smallest absolute Gasteiger partial charge is 0.336 e. The summed E-state index contributed by atoms with van der Waals surface area (Å²) in [6.45, 7) is 0. The van der Waals surface area contributed by atoms with Crippen LogP contribution < -0.4 is 4.74 Å². The molecule has 2 aromatic rings. The highest BCUT2D eigenvalue weighted by Crippen LogP contribution is 2.36. The number of carbonyl (C=O) groups is 1. The molecule has 0 fully saturated rings. The molecular formula is C14H11NO5S. The topological polar surface area (TPSA) is 89.7 Å². The van der Waals surface area contributed by atoms with E-state index in [0.717, 1.165) is 0 Å². The first kappa shape index (κ1) is 14.9. The maximum atomic E-state index is 11.2. The summed E-state index contributed by atoms with van der Waals surface area (Å²) in [4.78, 5) is 22.7. The fraction of sp³-hybridized carbons (Fsp3) is 0.0714. The molecule has 0 aromatic heterocycles. The van der Waals surface area contributed by atoms with Crippen molar-refractivity contribution in [2.75, 3.05) is 7.11 Å². The van der Waals surface area contributed by atoms with Crippen LogP contribution in [0.5, 0.6) is 5.75 Å². The lowest BCUT2D eigenvalue weighted by Gasteiger charge is -2.07. The lowest BCUT2D eigenvalue weighted by Crippen LogP contribution is -1.98. The van der Waals surface area contributed by atoms with E-state index >= 15 is 0 Å². The first-order chi connectivity index (χ1) is 10.0. The van der Waals surface area contributed by atoms with Crippen molar-refractivity contribution < 1.29 is 19.6 Å². The molecule has 2 rings (SSSR count). The molecule has 6 nitrogen and oxygen atoms in total. The van der Waals surface area contributed by atoms with Gasteiger partial charge in [0.05, 0.1) is 17.6 Å². The summed E-state index contributed by atoms with van der Waals surface area (Å²) in [5, 5.41) is 20.0. The quantitative estimate of drug-likeness (QED) is 0.672. The van der Waals surface area contributed by atoms with E-state index in [0.29, 0.717) is 9.79 Å². The van der Waals surface area contributed by atoms with Crippen LogP contribution in [-0.2, 0) is 0 Å². The van der Waals surface area contributed by atoms with E-state index in [1.54, 1.807) is 24.3 Å². The zero-order chi connectivity index (χ0) is 15.4. The van der Waals surface area contributed by atoms with Gasteiger partial charge in [0.15, 0.2) is 5.75 Å². The number of carboxylic acid groups (broad SMARTS) is 1. The number of nitrogens with zero attached hydrogens (tertiary/aromatic N) is 1. The van der Waals surface area contributed by atoms with Crippen molar-refractivity contribution in [1.29, 1.82) is 0 Å². The molecule has 0 bridgehead atoms. The number of nitro groups is 1. The Kier molecular flexibility index (Phi) is 4.44. The summed E-state index contributed by atoms with van der Waals surface area (Å²) in [5.41, 5.74) is 0.0492. The maximum absolute atomic E-state index is 11.2. The molecule has 0 spiro atoms. The van der Waals surface area contributed by atoms with Gasteiger partial charge in [0.25, 0.3) is 0 Å². The zero-order valence-electron chi connectivity index (χ0n) is 11.0. The van der Waals surface area contributed by atoms with Crippen LogP contribution in [0.2, 0.25) is 0 Å². The number of benzene rings is 2. The zero-order valence-corrected chi connectivity index (χ0v) is 11.8. The highest BCUT2D eigenvalue weighted by Gasteiger charge is 2.16. The van der Waals surface area contributed by atoms with E-state index in [1.807, 2.05) is 0 Å². The van der Waals surface area contributed by atoms with Gasteiger partial charge in [0.2, 0.25) is 0 Å². The summed E-state index contributed by atoms with van der Waals surface area (Å²) in [6, 6.07) is 11.0. The van der Waals surface area contributed by atoms with Crippen molar-refractivity contribution in [2.45, 2.75) is 9.79 Å². The Morgan fingerprint density at radius 2 is 2.00 bits per heavy atom. The normalized spacial score (nSPS) is 10.1. The number of hydrogen-bond acceptors (Lipinski definition) is 5. The van der Waals surface area contributed by atoms with E-state index < -0.39 is 10.9 Å². The van der Waals surface area contributed by atoms with Crippen LogP contribution >= 0.6 is 11.8 Å². The van der Waals surface area contributed by atoms with Crippen molar-refractivity contribution in [3.05, 3.63) is 58.1 Å². The van der Waals surface area contributed by atoms with Gasteiger partial charge in [0.1, 0.15) is 0 Å². The summed E-state index contributed by atoms with van der Waals surface area (Å²) < 4.78 is 4.99. The van der Waals surface area contributed by atoms with Crippen LogP contribution in [0.3, 0.4) is 0 Å². The van der Waals surface area contributed by atoms with Gasteiger partial charge in [-0.05, 0) is 18.2 Å². The molecule has 0 saturated heterocycles. The van der Waals surface area contributed by atoms with Crippen LogP contribution in [0, 0.1) is 10.1 Å². The van der Waals surface area contributed by atoms with Crippen molar-refractivity contribution >= 4 is 23.4 Å². The Hall–Kier alpha value is -2.54. The minimum absolute atomic E-state index is 0.131. The molecule has 108 valence electrons. The molecule has 0 aliphatic heterocycles. The third kappa shape index (κ3) is 3.32. The minimum Gasteiger partial charge on any atom is -0.490 e. The Bertz CT molecular complexity index is 702. The van der Waals surface area contributed by atoms with Gasteiger partial charge < -0.3 is 9.84 Å². The van der Waals surface area contributed by atoms with Crippen LogP contribution in [0.4, 0.5) is 5.69 Å². The fourth-order valence-corrected chi connectivity index (χ4v) is 2.70. The van der Waals surface area contributed by atoms with Crippen LogP contribution in [0.25, 0.3) is 0 Å². The second-order valence-electron chi connectivity index (χ2n) is 3.99. The van der Waals surface area contributed by atoms with Gasteiger partial charge in [-0.15, -0.1) is 0 Å². The molecule has 0 atom stereocenters.